The first-order valence-corrected chi connectivity index (χ1v) is 8.54. The summed E-state index contributed by atoms with van der Waals surface area (Å²) in [5.74, 6) is 0. The van der Waals surface area contributed by atoms with Gasteiger partial charge in [-0.25, -0.2) is 8.42 Å². The van der Waals surface area contributed by atoms with E-state index >= 15 is 0 Å². The zero-order valence-electron chi connectivity index (χ0n) is 11.6. The SMILES string of the molecule is CC1(CNc2ccccc2S(C)(=O)=O)CCCNC1. The Balaban J connectivity index is 2.12. The summed E-state index contributed by atoms with van der Waals surface area (Å²) >= 11 is 0. The van der Waals surface area contributed by atoms with Gasteiger partial charge in [0.05, 0.1) is 10.6 Å². The smallest absolute Gasteiger partial charge is 0.177 e. The van der Waals surface area contributed by atoms with E-state index in [-0.39, 0.29) is 5.41 Å². The molecule has 1 aliphatic rings. The Hall–Kier alpha value is -1.07. The van der Waals surface area contributed by atoms with Gasteiger partial charge < -0.3 is 10.6 Å². The van der Waals surface area contributed by atoms with Crippen LogP contribution in [-0.4, -0.2) is 34.3 Å². The summed E-state index contributed by atoms with van der Waals surface area (Å²) in [6.45, 7) is 5.07. The van der Waals surface area contributed by atoms with E-state index in [0.29, 0.717) is 10.6 Å². The molecule has 2 N–H and O–H groups in total. The van der Waals surface area contributed by atoms with E-state index in [1.165, 1.54) is 12.7 Å². The summed E-state index contributed by atoms with van der Waals surface area (Å²) in [6, 6.07) is 7.10. The summed E-state index contributed by atoms with van der Waals surface area (Å²) in [6.07, 6.45) is 3.58. The lowest BCUT2D eigenvalue weighted by molar-refractivity contribution is 0.253. The molecule has 19 heavy (non-hydrogen) atoms. The second kappa shape index (κ2) is 5.51. The highest BCUT2D eigenvalue weighted by Gasteiger charge is 2.26. The molecule has 1 unspecified atom stereocenters. The van der Waals surface area contributed by atoms with Crippen LogP contribution in [0.1, 0.15) is 19.8 Å². The maximum absolute atomic E-state index is 11.7. The van der Waals surface area contributed by atoms with E-state index in [2.05, 4.69) is 17.6 Å². The summed E-state index contributed by atoms with van der Waals surface area (Å²) in [7, 11) is -3.18. The van der Waals surface area contributed by atoms with Crippen molar-refractivity contribution >= 4 is 15.5 Å². The molecule has 0 aromatic heterocycles. The van der Waals surface area contributed by atoms with Gasteiger partial charge in [-0.05, 0) is 36.9 Å². The third-order valence-corrected chi connectivity index (χ3v) is 4.83. The first kappa shape index (κ1) is 14.3. The summed E-state index contributed by atoms with van der Waals surface area (Å²) in [5.41, 5.74) is 0.889. The van der Waals surface area contributed by atoms with Crippen LogP contribution >= 0.6 is 0 Å². The minimum Gasteiger partial charge on any atom is -0.383 e. The molecule has 0 saturated carbocycles. The fourth-order valence-electron chi connectivity index (χ4n) is 2.51. The molecule has 5 heteroatoms. The van der Waals surface area contributed by atoms with Gasteiger partial charge in [-0.2, -0.15) is 0 Å². The molecule has 1 aromatic carbocycles. The normalized spacial score (nSPS) is 24.1. The van der Waals surface area contributed by atoms with Crippen molar-refractivity contribution in [2.45, 2.75) is 24.7 Å². The second-order valence-electron chi connectivity index (χ2n) is 5.71. The molecule has 106 valence electrons. The molecule has 1 atom stereocenters. The highest BCUT2D eigenvalue weighted by Crippen LogP contribution is 2.27. The Bertz CT molecular complexity index is 534. The zero-order chi connectivity index (χ0) is 13.9. The molecule has 0 spiro atoms. The Kier molecular flexibility index (Phi) is 4.16. The third-order valence-electron chi connectivity index (χ3n) is 3.68. The number of benzene rings is 1. The van der Waals surface area contributed by atoms with E-state index in [1.807, 2.05) is 12.1 Å². The number of hydrogen-bond acceptors (Lipinski definition) is 4. The van der Waals surface area contributed by atoms with Gasteiger partial charge in [0.25, 0.3) is 0 Å². The van der Waals surface area contributed by atoms with Crippen LogP contribution in [-0.2, 0) is 9.84 Å². The molecule has 0 aliphatic carbocycles. The Morgan fingerprint density at radius 3 is 2.74 bits per heavy atom. The van der Waals surface area contributed by atoms with Crippen LogP contribution in [0.4, 0.5) is 5.69 Å². The highest BCUT2D eigenvalue weighted by atomic mass is 32.2. The van der Waals surface area contributed by atoms with Crippen LogP contribution in [0.3, 0.4) is 0 Å². The van der Waals surface area contributed by atoms with Crippen LogP contribution in [0.15, 0.2) is 29.2 Å². The molecular weight excluding hydrogens is 260 g/mol. The molecule has 1 heterocycles. The maximum atomic E-state index is 11.7. The lowest BCUT2D eigenvalue weighted by Crippen LogP contribution is -2.42. The Morgan fingerprint density at radius 1 is 1.37 bits per heavy atom. The van der Waals surface area contributed by atoms with Gasteiger partial charge in [-0.1, -0.05) is 19.1 Å². The maximum Gasteiger partial charge on any atom is 0.177 e. The van der Waals surface area contributed by atoms with E-state index in [4.69, 9.17) is 0 Å². The van der Waals surface area contributed by atoms with Gasteiger partial charge in [0.15, 0.2) is 9.84 Å². The molecule has 1 fully saturated rings. The van der Waals surface area contributed by atoms with Gasteiger partial charge in [0, 0.05) is 19.3 Å². The van der Waals surface area contributed by atoms with Crippen molar-refractivity contribution in [3.63, 3.8) is 0 Å². The Morgan fingerprint density at radius 2 is 2.11 bits per heavy atom. The molecule has 0 bridgehead atoms. The number of piperidine rings is 1. The topological polar surface area (TPSA) is 58.2 Å². The fourth-order valence-corrected chi connectivity index (χ4v) is 3.38. The van der Waals surface area contributed by atoms with Crippen LogP contribution in [0, 0.1) is 5.41 Å². The quantitative estimate of drug-likeness (QED) is 0.885. The molecule has 0 amide bonds. The van der Waals surface area contributed by atoms with Gasteiger partial charge >= 0.3 is 0 Å². The van der Waals surface area contributed by atoms with E-state index < -0.39 is 9.84 Å². The Labute approximate surface area is 115 Å². The first-order valence-electron chi connectivity index (χ1n) is 6.64. The number of nitrogens with one attached hydrogen (secondary N) is 2. The van der Waals surface area contributed by atoms with Crippen LogP contribution < -0.4 is 10.6 Å². The van der Waals surface area contributed by atoms with Crippen LogP contribution in [0.2, 0.25) is 0 Å². The first-order chi connectivity index (χ1) is 8.91. The van der Waals surface area contributed by atoms with Crippen LogP contribution in [0.25, 0.3) is 0 Å². The minimum atomic E-state index is -3.18. The lowest BCUT2D eigenvalue weighted by Gasteiger charge is -2.34. The number of rotatable bonds is 4. The van der Waals surface area contributed by atoms with Crippen molar-refractivity contribution in [3.05, 3.63) is 24.3 Å². The zero-order valence-corrected chi connectivity index (χ0v) is 12.4. The molecule has 1 aromatic rings. The van der Waals surface area contributed by atoms with Crippen molar-refractivity contribution in [1.29, 1.82) is 0 Å². The monoisotopic (exact) mass is 282 g/mol. The number of para-hydroxylation sites is 1. The predicted molar refractivity (Wildman–Crippen MR) is 78.3 cm³/mol. The standard InChI is InChI=1S/C14H22N2O2S/c1-14(8-5-9-15-10-14)11-16-12-6-3-4-7-13(12)19(2,17)18/h3-4,6-7,15-16H,5,8-11H2,1-2H3. The average molecular weight is 282 g/mol. The number of hydrogen-bond donors (Lipinski definition) is 2. The third kappa shape index (κ3) is 3.70. The van der Waals surface area contributed by atoms with Crippen LogP contribution in [0.5, 0.6) is 0 Å². The molecule has 0 radical (unpaired) electrons. The van der Waals surface area contributed by atoms with E-state index in [0.717, 1.165) is 26.1 Å². The molecule has 1 saturated heterocycles. The van der Waals surface area contributed by atoms with Gasteiger partial charge in [-0.15, -0.1) is 0 Å². The van der Waals surface area contributed by atoms with Crippen molar-refractivity contribution in [2.75, 3.05) is 31.2 Å². The second-order valence-corrected chi connectivity index (χ2v) is 7.70. The van der Waals surface area contributed by atoms with E-state index in [1.54, 1.807) is 12.1 Å². The van der Waals surface area contributed by atoms with Gasteiger partial charge in [0.2, 0.25) is 0 Å². The fraction of sp³-hybridized carbons (Fsp3) is 0.571. The summed E-state index contributed by atoms with van der Waals surface area (Å²) in [5, 5.41) is 6.71. The van der Waals surface area contributed by atoms with Crippen molar-refractivity contribution < 1.29 is 8.42 Å². The predicted octanol–water partition coefficient (Wildman–Crippen LogP) is 1.89. The summed E-state index contributed by atoms with van der Waals surface area (Å²) < 4.78 is 23.5. The molecule has 1 aliphatic heterocycles. The van der Waals surface area contributed by atoms with Crippen molar-refractivity contribution in [3.8, 4) is 0 Å². The number of anilines is 1. The molecule has 2 rings (SSSR count). The molecular formula is C14H22N2O2S. The lowest BCUT2D eigenvalue weighted by atomic mass is 9.83. The number of sulfone groups is 1. The average Bonchev–Trinajstić information content (AvgIpc) is 2.37. The van der Waals surface area contributed by atoms with E-state index in [9.17, 15) is 8.42 Å². The summed E-state index contributed by atoms with van der Waals surface area (Å²) in [4.78, 5) is 0.377. The highest BCUT2D eigenvalue weighted by molar-refractivity contribution is 7.90. The van der Waals surface area contributed by atoms with Gasteiger partial charge in [0.1, 0.15) is 0 Å². The van der Waals surface area contributed by atoms with Crippen molar-refractivity contribution in [1.82, 2.24) is 5.32 Å². The largest absolute Gasteiger partial charge is 0.383 e. The van der Waals surface area contributed by atoms with Crippen molar-refractivity contribution in [2.24, 2.45) is 5.41 Å². The van der Waals surface area contributed by atoms with Gasteiger partial charge in [-0.3, -0.25) is 0 Å². The minimum absolute atomic E-state index is 0.183. The molecule has 4 nitrogen and oxygen atoms in total.